The van der Waals surface area contributed by atoms with Crippen molar-refractivity contribution in [2.45, 2.75) is 32.1 Å². The molecule has 27 heavy (non-hydrogen) atoms. The number of hydrogen-bond donors (Lipinski definition) is 2. The van der Waals surface area contributed by atoms with Crippen LogP contribution in [-0.2, 0) is 17.6 Å². The van der Waals surface area contributed by atoms with E-state index >= 15 is 0 Å². The van der Waals surface area contributed by atoms with Crippen LogP contribution in [0.3, 0.4) is 0 Å². The third kappa shape index (κ3) is 5.05. The predicted octanol–water partition coefficient (Wildman–Crippen LogP) is 3.88. The summed E-state index contributed by atoms with van der Waals surface area (Å²) >= 11 is 1.54. The third-order valence-corrected chi connectivity index (χ3v) is 5.64. The van der Waals surface area contributed by atoms with E-state index in [1.807, 2.05) is 30.3 Å². The van der Waals surface area contributed by atoms with Crippen molar-refractivity contribution in [3.63, 3.8) is 0 Å². The molecular formula is C21H25N3O2S. The molecule has 0 atom stereocenters. The largest absolute Gasteiger partial charge is 0.313 e. The van der Waals surface area contributed by atoms with Gasteiger partial charge in [-0.15, -0.1) is 11.3 Å². The third-order valence-electron chi connectivity index (χ3n) is 4.44. The summed E-state index contributed by atoms with van der Waals surface area (Å²) in [5, 5.41) is 5.20. The Bertz CT molecular complexity index is 841. The molecule has 2 N–H and O–H groups in total. The monoisotopic (exact) mass is 383 g/mol. The summed E-state index contributed by atoms with van der Waals surface area (Å²) in [4.78, 5) is 26.4. The first kappa shape index (κ1) is 19.3. The lowest BCUT2D eigenvalue weighted by Gasteiger charge is -2.14. The highest BCUT2D eigenvalue weighted by Crippen LogP contribution is 2.37. The molecule has 1 aliphatic rings. The summed E-state index contributed by atoms with van der Waals surface area (Å²) in [6, 6.07) is 9.67. The van der Waals surface area contributed by atoms with Crippen LogP contribution in [0.1, 0.15) is 45.6 Å². The number of thiophene rings is 1. The van der Waals surface area contributed by atoms with E-state index in [2.05, 4.69) is 10.7 Å². The number of carbonyl (C=O) groups is 2. The maximum Gasteiger partial charge on any atom is 0.268 e. The Morgan fingerprint density at radius 3 is 2.56 bits per heavy atom. The lowest BCUT2D eigenvalue weighted by Crippen LogP contribution is -2.36. The van der Waals surface area contributed by atoms with E-state index < -0.39 is 0 Å². The Morgan fingerprint density at radius 2 is 1.81 bits per heavy atom. The second kappa shape index (κ2) is 8.97. The van der Waals surface area contributed by atoms with Crippen molar-refractivity contribution in [2.24, 2.45) is 0 Å². The fraction of sp³-hybridized carbons (Fsp3) is 0.333. The lowest BCUT2D eigenvalue weighted by molar-refractivity contribution is -0.111. The van der Waals surface area contributed by atoms with Gasteiger partial charge >= 0.3 is 0 Å². The van der Waals surface area contributed by atoms with Gasteiger partial charge in [0.15, 0.2) is 0 Å². The minimum Gasteiger partial charge on any atom is -0.313 e. The number of hydrazine groups is 1. The van der Waals surface area contributed by atoms with Crippen molar-refractivity contribution in [3.05, 3.63) is 58.0 Å². The molecule has 1 aromatic heterocycles. The van der Waals surface area contributed by atoms with Crippen LogP contribution in [0.2, 0.25) is 0 Å². The second-order valence-corrected chi connectivity index (χ2v) is 7.94. The van der Waals surface area contributed by atoms with E-state index in [-0.39, 0.29) is 11.8 Å². The molecule has 0 aliphatic heterocycles. The normalized spacial score (nSPS) is 14.0. The molecule has 0 saturated heterocycles. The number of rotatable bonds is 5. The van der Waals surface area contributed by atoms with E-state index in [0.29, 0.717) is 10.6 Å². The minimum absolute atomic E-state index is 0.165. The van der Waals surface area contributed by atoms with Crippen LogP contribution in [0.25, 0.3) is 6.08 Å². The summed E-state index contributed by atoms with van der Waals surface area (Å²) in [5.41, 5.74) is 5.49. The lowest BCUT2D eigenvalue weighted by atomic mass is 10.1. The van der Waals surface area contributed by atoms with Crippen LogP contribution < -0.4 is 10.7 Å². The topological polar surface area (TPSA) is 61.4 Å². The van der Waals surface area contributed by atoms with Gasteiger partial charge in [-0.2, -0.15) is 0 Å². The van der Waals surface area contributed by atoms with Gasteiger partial charge in [0.25, 0.3) is 5.91 Å². The Labute approximate surface area is 164 Å². The number of carbonyl (C=O) groups excluding carboxylic acids is 2. The van der Waals surface area contributed by atoms with Gasteiger partial charge in [-0.25, -0.2) is 5.01 Å². The summed E-state index contributed by atoms with van der Waals surface area (Å²) in [7, 11) is 3.56. The Morgan fingerprint density at radius 1 is 1.07 bits per heavy atom. The molecule has 142 valence electrons. The average molecular weight is 384 g/mol. The predicted molar refractivity (Wildman–Crippen MR) is 111 cm³/mol. The summed E-state index contributed by atoms with van der Waals surface area (Å²) < 4.78 is 0. The van der Waals surface area contributed by atoms with Crippen LogP contribution in [0.4, 0.5) is 5.00 Å². The fourth-order valence-corrected chi connectivity index (χ4v) is 4.51. The summed E-state index contributed by atoms with van der Waals surface area (Å²) in [5.74, 6) is -0.393. The molecule has 0 spiro atoms. The molecule has 2 amide bonds. The summed E-state index contributed by atoms with van der Waals surface area (Å²) in [6.07, 6.45) is 8.52. The van der Waals surface area contributed by atoms with Crippen LogP contribution in [-0.4, -0.2) is 30.9 Å². The number of benzene rings is 1. The van der Waals surface area contributed by atoms with E-state index in [4.69, 9.17) is 0 Å². The zero-order chi connectivity index (χ0) is 19.2. The van der Waals surface area contributed by atoms with E-state index in [1.165, 1.54) is 28.7 Å². The molecule has 0 bridgehead atoms. The molecule has 2 aromatic rings. The van der Waals surface area contributed by atoms with E-state index in [0.717, 1.165) is 36.8 Å². The highest BCUT2D eigenvalue weighted by Gasteiger charge is 2.25. The number of anilines is 1. The highest BCUT2D eigenvalue weighted by molar-refractivity contribution is 7.17. The van der Waals surface area contributed by atoms with Gasteiger partial charge < -0.3 is 5.32 Å². The average Bonchev–Trinajstić information content (AvgIpc) is 2.81. The molecule has 6 heteroatoms. The van der Waals surface area contributed by atoms with Crippen molar-refractivity contribution in [2.75, 3.05) is 19.4 Å². The maximum atomic E-state index is 12.8. The van der Waals surface area contributed by atoms with Crippen molar-refractivity contribution in [3.8, 4) is 0 Å². The molecule has 0 fully saturated rings. The molecule has 0 radical (unpaired) electrons. The fourth-order valence-electron chi connectivity index (χ4n) is 3.22. The van der Waals surface area contributed by atoms with Gasteiger partial charge in [-0.1, -0.05) is 36.8 Å². The highest BCUT2D eigenvalue weighted by atomic mass is 32.1. The maximum absolute atomic E-state index is 12.8. The van der Waals surface area contributed by atoms with Gasteiger partial charge in [0, 0.05) is 25.0 Å². The quantitative estimate of drug-likeness (QED) is 0.468. The first-order valence-corrected chi connectivity index (χ1v) is 10.0. The second-order valence-electron chi connectivity index (χ2n) is 6.84. The van der Waals surface area contributed by atoms with Crippen molar-refractivity contribution >= 4 is 34.2 Å². The molecule has 1 aliphatic carbocycles. The zero-order valence-electron chi connectivity index (χ0n) is 15.7. The van der Waals surface area contributed by atoms with Gasteiger partial charge in [0.1, 0.15) is 5.00 Å². The van der Waals surface area contributed by atoms with E-state index in [1.54, 1.807) is 25.2 Å². The van der Waals surface area contributed by atoms with E-state index in [9.17, 15) is 9.59 Å². The first-order valence-electron chi connectivity index (χ1n) is 9.21. The smallest absolute Gasteiger partial charge is 0.268 e. The van der Waals surface area contributed by atoms with Crippen LogP contribution in [0, 0.1) is 0 Å². The Balaban J connectivity index is 1.84. The van der Waals surface area contributed by atoms with Gasteiger partial charge in [-0.3, -0.25) is 15.0 Å². The standard InChI is InChI=1S/C21H25N3O2S/c1-24(2)23-20(26)19-16-11-7-4-8-12-17(16)27-21(19)22-18(25)14-13-15-9-5-3-6-10-15/h3,5-6,9-10,13-14H,4,7-8,11-12H2,1-2H3,(H,22,25)(H,23,26)/b14-13+. The molecule has 5 nitrogen and oxygen atoms in total. The van der Waals surface area contributed by atoms with Crippen molar-refractivity contribution in [1.82, 2.24) is 10.4 Å². The molecule has 3 rings (SSSR count). The van der Waals surface area contributed by atoms with Gasteiger partial charge in [0.05, 0.1) is 5.56 Å². The SMILES string of the molecule is CN(C)NC(=O)c1c(NC(=O)/C=C/c2ccccc2)sc2c1CCCCC2. The first-order chi connectivity index (χ1) is 13.0. The number of amides is 2. The number of nitrogens with one attached hydrogen (secondary N) is 2. The zero-order valence-corrected chi connectivity index (χ0v) is 16.6. The molecule has 0 saturated carbocycles. The summed E-state index contributed by atoms with van der Waals surface area (Å²) in [6.45, 7) is 0. The minimum atomic E-state index is -0.228. The van der Waals surface area contributed by atoms with Gasteiger partial charge in [-0.05, 0) is 42.9 Å². The van der Waals surface area contributed by atoms with Crippen molar-refractivity contribution < 1.29 is 9.59 Å². The van der Waals surface area contributed by atoms with Crippen LogP contribution >= 0.6 is 11.3 Å². The molecule has 0 unspecified atom stereocenters. The number of fused-ring (bicyclic) bond motifs is 1. The van der Waals surface area contributed by atoms with Gasteiger partial charge in [0.2, 0.25) is 5.91 Å². The number of nitrogens with zero attached hydrogens (tertiary/aromatic N) is 1. The molecule has 1 aromatic carbocycles. The molecular weight excluding hydrogens is 358 g/mol. The Hall–Kier alpha value is -2.44. The Kier molecular flexibility index (Phi) is 6.42. The van der Waals surface area contributed by atoms with Crippen molar-refractivity contribution in [1.29, 1.82) is 0 Å². The number of hydrogen-bond acceptors (Lipinski definition) is 4. The van der Waals surface area contributed by atoms with Crippen LogP contribution in [0.15, 0.2) is 36.4 Å². The molecule has 1 heterocycles. The number of aryl methyl sites for hydroxylation is 1. The van der Waals surface area contributed by atoms with Crippen LogP contribution in [0.5, 0.6) is 0 Å².